The summed E-state index contributed by atoms with van der Waals surface area (Å²) < 4.78 is 1.26. The molecule has 24 heavy (non-hydrogen) atoms. The summed E-state index contributed by atoms with van der Waals surface area (Å²) in [4.78, 5) is 3.36. The van der Waals surface area contributed by atoms with Gasteiger partial charge < -0.3 is 0 Å². The molecule has 0 radical (unpaired) electrons. The molecule has 0 N–H and O–H groups in total. The van der Waals surface area contributed by atoms with E-state index in [1.165, 1.54) is 28.4 Å². The third kappa shape index (κ3) is 3.73. The Hall–Kier alpha value is -1.19. The zero-order valence-electron chi connectivity index (χ0n) is 14.7. The molecule has 1 aliphatic carbocycles. The number of hydrogen-bond donors (Lipinski definition) is 0. The van der Waals surface area contributed by atoms with Gasteiger partial charge in [-0.3, -0.25) is 0 Å². The number of rotatable bonds is 1. The summed E-state index contributed by atoms with van der Waals surface area (Å²) in [6, 6.07) is 14.8. The molecular weight excluding hydrogens is 379 g/mol. The topological polar surface area (TPSA) is 0 Å². The molecule has 0 atom stereocenters. The van der Waals surface area contributed by atoms with Gasteiger partial charge in [0, 0.05) is 0 Å². The molecule has 2 aromatic carbocycles. The van der Waals surface area contributed by atoms with Crippen LogP contribution in [0, 0.1) is 10.7 Å². The second-order valence-corrected chi connectivity index (χ2v) is 10.1. The molecule has 3 rings (SSSR count). The fourth-order valence-electron chi connectivity index (χ4n) is 3.31. The minimum atomic E-state index is 0.162. The van der Waals surface area contributed by atoms with Crippen molar-refractivity contribution in [3.63, 3.8) is 0 Å². The van der Waals surface area contributed by atoms with Gasteiger partial charge in [0.05, 0.1) is 0 Å². The Kier molecular flexibility index (Phi) is 4.85. The van der Waals surface area contributed by atoms with Crippen molar-refractivity contribution in [1.29, 1.82) is 0 Å². The molecule has 124 valence electrons. The van der Waals surface area contributed by atoms with Crippen molar-refractivity contribution >= 4 is 31.0 Å². The molecule has 0 heterocycles. The summed E-state index contributed by atoms with van der Waals surface area (Å²) in [6.45, 7) is 9.43. The number of hydrogen-bond acceptors (Lipinski definition) is 0. The first-order valence-electron chi connectivity index (χ1n) is 8.36. The summed E-state index contributed by atoms with van der Waals surface area (Å²) in [7, 11) is 0. The molecule has 0 unspecified atom stereocenters. The van der Waals surface area contributed by atoms with Gasteiger partial charge >= 0.3 is 157 Å². The molecule has 0 nitrogen and oxygen atoms in total. The van der Waals surface area contributed by atoms with Gasteiger partial charge in [-0.1, -0.05) is 0 Å². The molecule has 1 aliphatic rings. The minimum absolute atomic E-state index is 0.162. The van der Waals surface area contributed by atoms with E-state index in [9.17, 15) is 0 Å². The van der Waals surface area contributed by atoms with E-state index < -0.39 is 0 Å². The first-order chi connectivity index (χ1) is 11.3. The first-order valence-corrected chi connectivity index (χ1v) is 10.5. The Balaban J connectivity index is 1.86. The van der Waals surface area contributed by atoms with Crippen LogP contribution in [0.15, 0.2) is 42.5 Å². The van der Waals surface area contributed by atoms with Crippen molar-refractivity contribution in [3.05, 3.63) is 64.2 Å². The van der Waals surface area contributed by atoms with Crippen LogP contribution in [0.2, 0.25) is 5.02 Å². The zero-order chi connectivity index (χ0) is 17.4. The van der Waals surface area contributed by atoms with Gasteiger partial charge in [-0.2, -0.15) is 0 Å². The molecule has 2 aromatic rings. The molecule has 0 fully saturated rings. The average molecular weight is 402 g/mol. The summed E-state index contributed by atoms with van der Waals surface area (Å²) in [5.74, 6) is 3.37. The Morgan fingerprint density at radius 3 is 2.17 bits per heavy atom. The fraction of sp³-hybridized carbons (Fsp3) is 0.364. The van der Waals surface area contributed by atoms with Crippen LogP contribution in [0.5, 0.6) is 0 Å². The second-order valence-electron chi connectivity index (χ2n) is 7.81. The summed E-state index contributed by atoms with van der Waals surface area (Å²) in [6.07, 6.45) is 2.48. The summed E-state index contributed by atoms with van der Waals surface area (Å²) in [5, 5.41) is 0.780. The average Bonchev–Trinajstić information content (AvgIpc) is 2.54. The standard InChI is InChI=1S/C22H23ClSe/c1-21(2)12-13-22(3,4)20-15-16(5-10-19(20)21)11-14-24-18-8-6-17(23)7-9-18/h5-10,15H,12-13H2,1-4H3. The van der Waals surface area contributed by atoms with Crippen molar-refractivity contribution in [2.75, 3.05) is 0 Å². The third-order valence-electron chi connectivity index (χ3n) is 5.03. The Bertz CT molecular complexity index is 804. The molecular formula is C22H23ClSe. The molecule has 0 saturated carbocycles. The maximum absolute atomic E-state index is 5.93. The van der Waals surface area contributed by atoms with Crippen LogP contribution in [0.4, 0.5) is 0 Å². The van der Waals surface area contributed by atoms with Crippen molar-refractivity contribution in [2.24, 2.45) is 0 Å². The third-order valence-corrected chi connectivity index (χ3v) is 6.78. The van der Waals surface area contributed by atoms with Crippen LogP contribution in [0.3, 0.4) is 0 Å². The van der Waals surface area contributed by atoms with Crippen LogP contribution in [0.25, 0.3) is 0 Å². The van der Waals surface area contributed by atoms with E-state index in [0.717, 1.165) is 10.6 Å². The van der Waals surface area contributed by atoms with Gasteiger partial charge in [0.2, 0.25) is 0 Å². The molecule has 0 amide bonds. The quantitative estimate of drug-likeness (QED) is 0.464. The van der Waals surface area contributed by atoms with E-state index in [1.807, 2.05) is 12.1 Å². The first kappa shape index (κ1) is 17.6. The molecule has 0 aliphatic heterocycles. The van der Waals surface area contributed by atoms with Crippen molar-refractivity contribution in [2.45, 2.75) is 51.4 Å². The summed E-state index contributed by atoms with van der Waals surface area (Å²) >= 11 is 6.09. The van der Waals surface area contributed by atoms with Gasteiger partial charge in [0.25, 0.3) is 0 Å². The van der Waals surface area contributed by atoms with Gasteiger partial charge in [-0.25, -0.2) is 0 Å². The van der Waals surface area contributed by atoms with E-state index in [-0.39, 0.29) is 25.8 Å². The van der Waals surface area contributed by atoms with Crippen LogP contribution in [0.1, 0.15) is 57.2 Å². The molecule has 0 saturated heterocycles. The van der Waals surface area contributed by atoms with E-state index in [1.54, 1.807) is 0 Å². The maximum atomic E-state index is 5.93. The monoisotopic (exact) mass is 402 g/mol. The van der Waals surface area contributed by atoms with E-state index >= 15 is 0 Å². The van der Waals surface area contributed by atoms with E-state index in [4.69, 9.17) is 11.6 Å². The molecule has 2 heteroatoms. The normalized spacial score (nSPS) is 17.5. The Morgan fingerprint density at radius 1 is 0.875 bits per heavy atom. The van der Waals surface area contributed by atoms with Crippen molar-refractivity contribution in [1.82, 2.24) is 0 Å². The van der Waals surface area contributed by atoms with Crippen molar-refractivity contribution in [3.8, 4) is 10.7 Å². The molecule has 0 spiro atoms. The van der Waals surface area contributed by atoms with Gasteiger partial charge in [0.15, 0.2) is 0 Å². The van der Waals surface area contributed by atoms with E-state index in [0.29, 0.717) is 0 Å². The van der Waals surface area contributed by atoms with Crippen LogP contribution in [-0.4, -0.2) is 15.0 Å². The van der Waals surface area contributed by atoms with Gasteiger partial charge in [-0.15, -0.1) is 0 Å². The molecule has 0 aromatic heterocycles. The van der Waals surface area contributed by atoms with Crippen molar-refractivity contribution < 1.29 is 0 Å². The zero-order valence-corrected chi connectivity index (χ0v) is 17.2. The van der Waals surface area contributed by atoms with Crippen LogP contribution >= 0.6 is 11.6 Å². The number of benzene rings is 2. The summed E-state index contributed by atoms with van der Waals surface area (Å²) in [5.41, 5.74) is 4.61. The SMILES string of the molecule is CC1(C)CCC(C)(C)c2cc(C#C[Se]c3ccc(Cl)cc3)ccc21. The van der Waals surface area contributed by atoms with Gasteiger partial charge in [-0.05, 0) is 0 Å². The second kappa shape index (κ2) is 6.61. The fourth-order valence-corrected chi connectivity index (χ4v) is 4.61. The number of halogens is 1. The Morgan fingerprint density at radius 2 is 1.50 bits per heavy atom. The Labute approximate surface area is 157 Å². The molecule has 0 bridgehead atoms. The predicted octanol–water partition coefficient (Wildman–Crippen LogP) is 5.03. The van der Waals surface area contributed by atoms with Gasteiger partial charge in [0.1, 0.15) is 0 Å². The van der Waals surface area contributed by atoms with E-state index in [2.05, 4.69) is 68.8 Å². The predicted molar refractivity (Wildman–Crippen MR) is 105 cm³/mol. The van der Waals surface area contributed by atoms with Crippen LogP contribution < -0.4 is 4.46 Å². The number of fused-ring (bicyclic) bond motifs is 1. The van der Waals surface area contributed by atoms with Crippen LogP contribution in [-0.2, 0) is 10.8 Å².